The molecule has 0 saturated carbocycles. The summed E-state index contributed by atoms with van der Waals surface area (Å²) in [5.74, 6) is -1.10. The van der Waals surface area contributed by atoms with Crippen LogP contribution in [-0.2, 0) is 19.1 Å². The Morgan fingerprint density at radius 1 is 0.957 bits per heavy atom. The molecule has 4 heteroatoms. The smallest absolute Gasteiger partial charge is 0.337 e. The molecule has 0 unspecified atom stereocenters. The molecule has 0 heterocycles. The zero-order chi connectivity index (χ0) is 17.8. The van der Waals surface area contributed by atoms with Crippen molar-refractivity contribution in [1.29, 1.82) is 0 Å². The van der Waals surface area contributed by atoms with Crippen LogP contribution in [0.15, 0.2) is 61.4 Å². The maximum absolute atomic E-state index is 10.8. The van der Waals surface area contributed by atoms with Gasteiger partial charge in [-0.1, -0.05) is 56.2 Å². The van der Waals surface area contributed by atoms with Crippen molar-refractivity contribution >= 4 is 24.1 Å². The van der Waals surface area contributed by atoms with Crippen LogP contribution < -0.4 is 0 Å². The Bertz CT molecular complexity index is 580. The van der Waals surface area contributed by atoms with Crippen LogP contribution in [0.1, 0.15) is 25.0 Å². The molecule has 0 N–H and O–H groups in total. The standard InChI is InChI=1S/C10H10.C9H12O4/c1-3-9-5-7-10(4-2)8-6-9;1-6(2)8(10)13-5-7(3)9(11)12-4/h3-8H,1-2H2;5H,1H2,2-4H3. The van der Waals surface area contributed by atoms with E-state index >= 15 is 0 Å². The molecule has 0 aliphatic carbocycles. The Balaban J connectivity index is 0.000000433. The van der Waals surface area contributed by atoms with Crippen molar-refractivity contribution in [3.63, 3.8) is 0 Å². The van der Waals surface area contributed by atoms with Crippen LogP contribution in [0.2, 0.25) is 0 Å². The average molecular weight is 314 g/mol. The molecule has 0 amide bonds. The van der Waals surface area contributed by atoms with E-state index in [0.717, 1.165) is 17.4 Å². The number of hydrogen-bond donors (Lipinski definition) is 0. The fourth-order valence-corrected chi connectivity index (χ4v) is 1.22. The zero-order valence-electron chi connectivity index (χ0n) is 13.8. The van der Waals surface area contributed by atoms with E-state index in [9.17, 15) is 9.59 Å². The van der Waals surface area contributed by atoms with Crippen LogP contribution in [0.25, 0.3) is 12.2 Å². The number of esters is 2. The van der Waals surface area contributed by atoms with Gasteiger partial charge in [-0.05, 0) is 25.0 Å². The highest BCUT2D eigenvalue weighted by molar-refractivity contribution is 5.90. The van der Waals surface area contributed by atoms with E-state index in [1.165, 1.54) is 21.0 Å². The lowest BCUT2D eigenvalue weighted by molar-refractivity contribution is -0.136. The fraction of sp³-hybridized carbons (Fsp3) is 0.158. The summed E-state index contributed by atoms with van der Waals surface area (Å²) >= 11 is 0. The van der Waals surface area contributed by atoms with Crippen molar-refractivity contribution in [2.24, 2.45) is 0 Å². The Morgan fingerprint density at radius 2 is 1.39 bits per heavy atom. The van der Waals surface area contributed by atoms with E-state index in [1.807, 2.05) is 36.4 Å². The highest BCUT2D eigenvalue weighted by Crippen LogP contribution is 2.05. The first-order valence-electron chi connectivity index (χ1n) is 6.82. The van der Waals surface area contributed by atoms with Crippen LogP contribution >= 0.6 is 0 Å². The second-order valence-electron chi connectivity index (χ2n) is 4.55. The van der Waals surface area contributed by atoms with Crippen LogP contribution in [0.4, 0.5) is 0 Å². The molecule has 1 rings (SSSR count). The fourth-order valence-electron chi connectivity index (χ4n) is 1.22. The quantitative estimate of drug-likeness (QED) is 0.465. The third kappa shape index (κ3) is 8.21. The molecule has 0 aromatic heterocycles. The minimum atomic E-state index is -0.566. The van der Waals surface area contributed by atoms with E-state index in [1.54, 1.807) is 0 Å². The van der Waals surface area contributed by atoms with Crippen LogP contribution in [0.5, 0.6) is 0 Å². The van der Waals surface area contributed by atoms with Gasteiger partial charge in [-0.2, -0.15) is 0 Å². The number of carbonyl (C=O) groups is 2. The molecule has 0 saturated heterocycles. The lowest BCUT2D eigenvalue weighted by atomic mass is 10.1. The van der Waals surface area contributed by atoms with Gasteiger partial charge in [-0.25, -0.2) is 9.59 Å². The summed E-state index contributed by atoms with van der Waals surface area (Å²) in [4.78, 5) is 21.6. The molecule has 0 atom stereocenters. The van der Waals surface area contributed by atoms with Crippen LogP contribution in [-0.4, -0.2) is 19.0 Å². The Kier molecular flexibility index (Phi) is 9.44. The molecule has 0 aliphatic heterocycles. The summed E-state index contributed by atoms with van der Waals surface area (Å²) in [6, 6.07) is 8.07. The molecule has 23 heavy (non-hydrogen) atoms. The highest BCUT2D eigenvalue weighted by atomic mass is 16.5. The van der Waals surface area contributed by atoms with Crippen LogP contribution in [0.3, 0.4) is 0 Å². The van der Waals surface area contributed by atoms with Crippen molar-refractivity contribution < 1.29 is 19.1 Å². The molecule has 0 aliphatic rings. The number of ether oxygens (including phenoxy) is 2. The first-order chi connectivity index (χ1) is 10.8. The van der Waals surface area contributed by atoms with E-state index < -0.39 is 11.9 Å². The number of carbonyl (C=O) groups excluding carboxylic acids is 2. The van der Waals surface area contributed by atoms with E-state index in [-0.39, 0.29) is 11.1 Å². The topological polar surface area (TPSA) is 52.6 Å². The first kappa shape index (κ1) is 20.1. The minimum Gasteiger partial charge on any atom is -0.466 e. The molecule has 122 valence electrons. The maximum Gasteiger partial charge on any atom is 0.337 e. The molecule has 0 spiro atoms. The number of benzene rings is 1. The van der Waals surface area contributed by atoms with Gasteiger partial charge >= 0.3 is 11.9 Å². The predicted octanol–water partition coefficient (Wildman–Crippen LogP) is 4.16. The molecule has 1 aromatic rings. The van der Waals surface area contributed by atoms with Crippen LogP contribution in [0, 0.1) is 0 Å². The molecule has 1 aromatic carbocycles. The molecular formula is C19H22O4. The van der Waals surface area contributed by atoms with Gasteiger partial charge in [0.25, 0.3) is 0 Å². The Morgan fingerprint density at radius 3 is 1.70 bits per heavy atom. The van der Waals surface area contributed by atoms with Gasteiger partial charge in [0.1, 0.15) is 6.26 Å². The first-order valence-corrected chi connectivity index (χ1v) is 6.82. The van der Waals surface area contributed by atoms with E-state index in [0.29, 0.717) is 0 Å². The monoisotopic (exact) mass is 314 g/mol. The summed E-state index contributed by atoms with van der Waals surface area (Å²) in [6.07, 6.45) is 4.70. The van der Waals surface area contributed by atoms with Gasteiger partial charge in [0.15, 0.2) is 0 Å². The Labute approximate surface area is 137 Å². The number of rotatable bonds is 5. The Hall–Kier alpha value is -2.88. The van der Waals surface area contributed by atoms with Gasteiger partial charge in [0.2, 0.25) is 0 Å². The summed E-state index contributed by atoms with van der Waals surface area (Å²) in [6.45, 7) is 13.7. The minimum absolute atomic E-state index is 0.220. The van der Waals surface area contributed by atoms with Gasteiger partial charge in [0.05, 0.1) is 12.7 Å². The SMILES string of the molecule is C=C(C)C(=O)OC=C(C)C(=O)OC.C=Cc1ccc(C=C)cc1. The lowest BCUT2D eigenvalue weighted by Crippen LogP contribution is -2.05. The largest absolute Gasteiger partial charge is 0.466 e. The lowest BCUT2D eigenvalue weighted by Gasteiger charge is -1.99. The van der Waals surface area contributed by atoms with E-state index in [4.69, 9.17) is 0 Å². The third-order valence-corrected chi connectivity index (χ3v) is 2.61. The molecular weight excluding hydrogens is 292 g/mol. The van der Waals surface area contributed by atoms with Gasteiger partial charge in [-0.3, -0.25) is 0 Å². The van der Waals surface area contributed by atoms with Crippen molar-refractivity contribution in [1.82, 2.24) is 0 Å². The van der Waals surface area contributed by atoms with Gasteiger partial charge in [-0.15, -0.1) is 0 Å². The second-order valence-corrected chi connectivity index (χ2v) is 4.55. The summed E-state index contributed by atoms with van der Waals surface area (Å²) < 4.78 is 8.97. The predicted molar refractivity (Wildman–Crippen MR) is 93.3 cm³/mol. The molecule has 4 nitrogen and oxygen atoms in total. The summed E-state index contributed by atoms with van der Waals surface area (Å²) in [7, 11) is 1.25. The third-order valence-electron chi connectivity index (χ3n) is 2.61. The van der Waals surface area contributed by atoms with Gasteiger partial charge in [0, 0.05) is 5.57 Å². The second kappa shape index (κ2) is 10.8. The normalized spacial score (nSPS) is 9.78. The van der Waals surface area contributed by atoms with Crippen molar-refractivity contribution in [2.75, 3.05) is 7.11 Å². The van der Waals surface area contributed by atoms with Crippen molar-refractivity contribution in [2.45, 2.75) is 13.8 Å². The highest BCUT2D eigenvalue weighted by Gasteiger charge is 2.05. The zero-order valence-corrected chi connectivity index (χ0v) is 13.8. The molecule has 0 bridgehead atoms. The molecule has 0 radical (unpaired) electrons. The van der Waals surface area contributed by atoms with Crippen molar-refractivity contribution in [3.05, 3.63) is 72.5 Å². The number of hydrogen-bond acceptors (Lipinski definition) is 4. The van der Waals surface area contributed by atoms with E-state index in [2.05, 4.69) is 29.2 Å². The summed E-state index contributed by atoms with van der Waals surface area (Å²) in [5.41, 5.74) is 2.78. The summed E-state index contributed by atoms with van der Waals surface area (Å²) in [5, 5.41) is 0. The maximum atomic E-state index is 10.8. The van der Waals surface area contributed by atoms with Gasteiger partial charge < -0.3 is 9.47 Å². The van der Waals surface area contributed by atoms with Crippen molar-refractivity contribution in [3.8, 4) is 0 Å². The average Bonchev–Trinajstić information content (AvgIpc) is 2.58. The number of methoxy groups -OCH3 is 1. The molecule has 0 fully saturated rings.